The highest BCUT2D eigenvalue weighted by atomic mass is 16.6. The van der Waals surface area contributed by atoms with Crippen molar-refractivity contribution in [1.29, 1.82) is 0 Å². The van der Waals surface area contributed by atoms with Crippen LogP contribution in [0.4, 0.5) is 5.69 Å². The Morgan fingerprint density at radius 2 is 0.868 bits per heavy atom. The van der Waals surface area contributed by atoms with Crippen molar-refractivity contribution < 1.29 is 76.8 Å². The lowest BCUT2D eigenvalue weighted by atomic mass is 10.3. The molecular weight excluding hydrogens is 895 g/mol. The molecule has 2 amide bonds. The number of aldehydes is 1. The second-order valence-electron chi connectivity index (χ2n) is 15.6. The van der Waals surface area contributed by atoms with E-state index in [4.69, 9.17) is 42.6 Å². The van der Waals surface area contributed by atoms with Gasteiger partial charge in [0.05, 0.1) is 151 Å². The Balaban J connectivity index is 1.34. The number of aliphatic carboxylic acids is 2. The van der Waals surface area contributed by atoms with E-state index in [9.17, 15) is 34.2 Å². The predicted octanol–water partition coefficient (Wildman–Crippen LogP) is -1.52. The van der Waals surface area contributed by atoms with Gasteiger partial charge in [0.25, 0.3) is 0 Å². The number of nitrogens with one attached hydrogen (secondary N) is 2. The molecule has 68 heavy (non-hydrogen) atoms. The molecule has 1 aromatic rings. The van der Waals surface area contributed by atoms with Crippen molar-refractivity contribution in [3.8, 4) is 5.75 Å². The number of para-hydroxylation sites is 2. The van der Waals surface area contributed by atoms with Crippen LogP contribution in [0.2, 0.25) is 0 Å². The molecule has 0 atom stereocenters. The third kappa shape index (κ3) is 33.4. The minimum Gasteiger partial charge on any atom is -0.491 e. The van der Waals surface area contributed by atoms with E-state index < -0.39 is 11.9 Å². The third-order valence-corrected chi connectivity index (χ3v) is 10.0. The number of ether oxygens (including phenoxy) is 9. The lowest BCUT2D eigenvalue weighted by Gasteiger charge is -2.32. The van der Waals surface area contributed by atoms with Gasteiger partial charge in [0, 0.05) is 79.5 Å². The van der Waals surface area contributed by atoms with Crippen LogP contribution in [-0.4, -0.2) is 278 Å². The predicted molar refractivity (Wildman–Crippen MR) is 251 cm³/mol. The van der Waals surface area contributed by atoms with Gasteiger partial charge in [0.1, 0.15) is 12.0 Å². The summed E-state index contributed by atoms with van der Waals surface area (Å²) >= 11 is 0. The van der Waals surface area contributed by atoms with Gasteiger partial charge in [-0.1, -0.05) is 12.1 Å². The molecule has 0 saturated carbocycles. The number of benzene rings is 1. The number of amides is 2. The number of hydrogen-bond donors (Lipinski definition) is 4. The maximum absolute atomic E-state index is 12.8. The maximum atomic E-state index is 12.8. The van der Waals surface area contributed by atoms with Crippen LogP contribution >= 0.6 is 0 Å². The number of carboxylic acid groups (broad SMARTS) is 2. The molecule has 4 N–H and O–H groups in total. The first kappa shape index (κ1) is 60.0. The minimum atomic E-state index is -0.986. The zero-order valence-electron chi connectivity index (χ0n) is 40.4. The monoisotopic (exact) mass is 974 g/mol. The first-order chi connectivity index (χ1) is 33.1. The van der Waals surface area contributed by atoms with Crippen LogP contribution in [0.15, 0.2) is 24.3 Å². The first-order valence-electron chi connectivity index (χ1n) is 23.4. The normalized spacial score (nSPS) is 14.7. The smallest absolute Gasteiger partial charge is 0.317 e. The lowest BCUT2D eigenvalue weighted by molar-refractivity contribution is -0.140. The Labute approximate surface area is 401 Å². The summed E-state index contributed by atoms with van der Waals surface area (Å²) in [4.78, 5) is 68.3. The summed E-state index contributed by atoms with van der Waals surface area (Å²) in [6.07, 6.45) is 1.06. The minimum absolute atomic E-state index is 0.0921. The van der Waals surface area contributed by atoms with Gasteiger partial charge in [-0.15, -0.1) is 0 Å². The number of carbonyl (C=O) groups excluding carboxylic acids is 3. The maximum Gasteiger partial charge on any atom is 0.317 e. The number of carboxylic acids is 2. The molecule has 1 saturated heterocycles. The van der Waals surface area contributed by atoms with Crippen LogP contribution in [-0.2, 0) is 61.9 Å². The van der Waals surface area contributed by atoms with Gasteiger partial charge in [0.15, 0.2) is 0 Å². The van der Waals surface area contributed by atoms with Crippen molar-refractivity contribution in [2.45, 2.75) is 6.42 Å². The number of nitrogens with zero attached hydrogens (tertiary/aromatic N) is 5. The van der Waals surface area contributed by atoms with E-state index in [1.165, 1.54) is 0 Å². The van der Waals surface area contributed by atoms with Crippen LogP contribution in [0.1, 0.15) is 6.42 Å². The number of anilines is 1. The van der Waals surface area contributed by atoms with Crippen molar-refractivity contribution in [2.24, 2.45) is 0 Å². The van der Waals surface area contributed by atoms with Gasteiger partial charge in [-0.2, -0.15) is 0 Å². The van der Waals surface area contributed by atoms with E-state index in [0.717, 1.165) is 17.7 Å². The zero-order chi connectivity index (χ0) is 49.3. The fourth-order valence-corrected chi connectivity index (χ4v) is 6.44. The molecule has 0 spiro atoms. The van der Waals surface area contributed by atoms with Crippen molar-refractivity contribution in [2.75, 3.05) is 223 Å². The van der Waals surface area contributed by atoms with Crippen molar-refractivity contribution in [3.63, 3.8) is 0 Å². The molecule has 0 bridgehead atoms. The van der Waals surface area contributed by atoms with E-state index in [1.807, 2.05) is 53.1 Å². The van der Waals surface area contributed by atoms with Gasteiger partial charge in [-0.25, -0.2) is 0 Å². The van der Waals surface area contributed by atoms with Crippen LogP contribution < -0.4 is 20.3 Å². The van der Waals surface area contributed by atoms with Gasteiger partial charge in [0.2, 0.25) is 11.8 Å². The molecule has 0 radical (unpaired) electrons. The van der Waals surface area contributed by atoms with E-state index >= 15 is 0 Å². The Hall–Kier alpha value is -4.11. The van der Waals surface area contributed by atoms with Gasteiger partial charge < -0.3 is 73.2 Å². The first-order valence-corrected chi connectivity index (χ1v) is 23.4. The van der Waals surface area contributed by atoms with Crippen LogP contribution in [0, 0.1) is 0 Å². The molecule has 1 heterocycles. The molecule has 390 valence electrons. The van der Waals surface area contributed by atoms with Crippen molar-refractivity contribution in [3.05, 3.63) is 24.3 Å². The quantitative estimate of drug-likeness (QED) is 0.0431. The summed E-state index contributed by atoms with van der Waals surface area (Å²) in [6.45, 7) is 10.9. The van der Waals surface area contributed by atoms with Gasteiger partial charge >= 0.3 is 11.9 Å². The molecule has 2 rings (SSSR count). The lowest BCUT2D eigenvalue weighted by Crippen LogP contribution is -2.49. The van der Waals surface area contributed by atoms with E-state index in [0.29, 0.717) is 178 Å². The largest absolute Gasteiger partial charge is 0.491 e. The van der Waals surface area contributed by atoms with Gasteiger partial charge in [-0.05, 0) is 12.1 Å². The fraction of sp³-hybridized carbons (Fsp3) is 0.756. The average molecular weight is 974 g/mol. The number of carbonyl (C=O) groups is 5. The molecule has 23 heteroatoms. The Morgan fingerprint density at radius 3 is 1.25 bits per heavy atom. The molecule has 0 aliphatic carbocycles. The van der Waals surface area contributed by atoms with Crippen LogP contribution in [0.5, 0.6) is 5.75 Å². The summed E-state index contributed by atoms with van der Waals surface area (Å²) in [5.41, 5.74) is 0.961. The van der Waals surface area contributed by atoms with E-state index in [-0.39, 0.29) is 44.4 Å². The van der Waals surface area contributed by atoms with Crippen molar-refractivity contribution >= 4 is 35.7 Å². The number of hydrogen-bond acceptors (Lipinski definition) is 19. The molecular formula is C45H79N7O16. The SMILES string of the molecule is CN(C)c1ccccc1OCCC(=O)NCCOCCOCCOCCOCCOCCOCCOCCOCCNC(=O)CN1CCN(CC=O)CCN(CC(=O)O)CCN(CC(=O)O)CC1. The summed E-state index contributed by atoms with van der Waals surface area (Å²) in [5.74, 6) is -1.51. The van der Waals surface area contributed by atoms with Crippen LogP contribution in [0.3, 0.4) is 0 Å². The third-order valence-electron chi connectivity index (χ3n) is 10.0. The van der Waals surface area contributed by atoms with Crippen LogP contribution in [0.25, 0.3) is 0 Å². The molecule has 1 aromatic carbocycles. The number of rotatable bonds is 40. The summed E-state index contributed by atoms with van der Waals surface area (Å²) in [7, 11) is 3.89. The highest BCUT2D eigenvalue weighted by Crippen LogP contribution is 2.26. The Bertz CT molecular complexity index is 1490. The second-order valence-corrected chi connectivity index (χ2v) is 15.6. The van der Waals surface area contributed by atoms with E-state index in [1.54, 1.807) is 9.80 Å². The molecule has 23 nitrogen and oxygen atoms in total. The summed E-state index contributed by atoms with van der Waals surface area (Å²) in [5, 5.41) is 24.4. The second kappa shape index (κ2) is 40.7. The molecule has 1 aliphatic heterocycles. The topological polar surface area (TPSA) is 249 Å². The molecule has 1 aliphatic rings. The molecule has 0 aromatic heterocycles. The van der Waals surface area contributed by atoms with Gasteiger partial charge in [-0.3, -0.25) is 38.8 Å². The fourth-order valence-electron chi connectivity index (χ4n) is 6.44. The zero-order valence-corrected chi connectivity index (χ0v) is 40.4. The molecule has 1 fully saturated rings. The Morgan fingerprint density at radius 1 is 0.515 bits per heavy atom. The summed E-state index contributed by atoms with van der Waals surface area (Å²) in [6, 6.07) is 7.69. The molecule has 0 unspecified atom stereocenters. The Kier molecular flexibility index (Phi) is 36.0. The average Bonchev–Trinajstić information content (AvgIpc) is 3.30. The highest BCUT2D eigenvalue weighted by Gasteiger charge is 2.20. The summed E-state index contributed by atoms with van der Waals surface area (Å²) < 4.78 is 49.9. The van der Waals surface area contributed by atoms with E-state index in [2.05, 4.69) is 10.6 Å². The standard InChI is InChI=1S/C45H79N7O16/c1-48(2)40-5-3-4-6-41(40)68-20-7-42(54)46-8-21-60-23-25-62-27-29-64-31-33-66-35-36-67-34-32-65-30-28-63-26-24-61-22-9-47-43(55)37-50-12-10-49(18-19-53)11-13-51(38-44(56)57)16-17-52(15-14-50)39-45(58)59/h3-6,19H,7-18,20-39H2,1-2H3,(H,46,54)(H,47,55)(H,56,57)(H,58,59). The highest BCUT2D eigenvalue weighted by molar-refractivity contribution is 5.78. The van der Waals surface area contributed by atoms with Crippen molar-refractivity contribution in [1.82, 2.24) is 30.2 Å².